The average molecular weight is 402 g/mol. The monoisotopic (exact) mass is 402 g/mol. The molecule has 0 spiro atoms. The van der Waals surface area contributed by atoms with Gasteiger partial charge < -0.3 is 9.80 Å². The predicted molar refractivity (Wildman–Crippen MR) is 116 cm³/mol. The maximum Gasteiger partial charge on any atom is 0.271 e. The normalized spacial score (nSPS) is 10.5. The van der Waals surface area contributed by atoms with Gasteiger partial charge in [-0.3, -0.25) is 14.6 Å². The summed E-state index contributed by atoms with van der Waals surface area (Å²) in [6.07, 6.45) is 4.23. The summed E-state index contributed by atoms with van der Waals surface area (Å²) in [4.78, 5) is 37.4. The Morgan fingerprint density at radius 3 is 2.27 bits per heavy atom. The van der Waals surface area contributed by atoms with Crippen LogP contribution in [0.1, 0.15) is 37.7 Å². The zero-order chi connectivity index (χ0) is 21.5. The molecule has 0 bridgehead atoms. The highest BCUT2D eigenvalue weighted by molar-refractivity contribution is 5.97. The second kappa shape index (κ2) is 9.78. The zero-order valence-corrected chi connectivity index (χ0v) is 17.6. The molecule has 0 saturated carbocycles. The van der Waals surface area contributed by atoms with E-state index in [1.54, 1.807) is 45.5 Å². The lowest BCUT2D eigenvalue weighted by Gasteiger charge is -2.24. The van der Waals surface area contributed by atoms with Crippen LogP contribution in [0.4, 0.5) is 0 Å². The van der Waals surface area contributed by atoms with Crippen molar-refractivity contribution in [1.82, 2.24) is 19.8 Å². The lowest BCUT2D eigenvalue weighted by atomic mass is 10.1. The molecule has 30 heavy (non-hydrogen) atoms. The lowest BCUT2D eigenvalue weighted by Crippen LogP contribution is -2.33. The number of hydrogen-bond acceptors (Lipinski definition) is 4. The van der Waals surface area contributed by atoms with Crippen molar-refractivity contribution < 1.29 is 9.59 Å². The fourth-order valence-corrected chi connectivity index (χ4v) is 3.18. The van der Waals surface area contributed by atoms with Crippen LogP contribution in [-0.4, -0.2) is 52.2 Å². The zero-order valence-electron chi connectivity index (χ0n) is 17.6. The number of amides is 2. The van der Waals surface area contributed by atoms with E-state index in [2.05, 4.69) is 22.1 Å². The molecule has 0 aliphatic heterocycles. The van der Waals surface area contributed by atoms with Crippen LogP contribution in [0.25, 0.3) is 0 Å². The quantitative estimate of drug-likeness (QED) is 0.608. The molecule has 154 valence electrons. The third kappa shape index (κ3) is 5.29. The van der Waals surface area contributed by atoms with E-state index in [4.69, 9.17) is 0 Å². The minimum atomic E-state index is -0.187. The molecule has 0 fully saturated rings. The van der Waals surface area contributed by atoms with Gasteiger partial charge in [-0.1, -0.05) is 36.4 Å². The van der Waals surface area contributed by atoms with Gasteiger partial charge in [-0.05, 0) is 42.7 Å². The van der Waals surface area contributed by atoms with Crippen molar-refractivity contribution in [3.8, 4) is 0 Å². The average Bonchev–Trinajstić information content (AvgIpc) is 2.77. The van der Waals surface area contributed by atoms with Gasteiger partial charge in [0.2, 0.25) is 0 Å². The van der Waals surface area contributed by atoms with Crippen molar-refractivity contribution in [3.05, 3.63) is 95.1 Å². The molecule has 0 unspecified atom stereocenters. The molecule has 0 N–H and O–H groups in total. The Morgan fingerprint density at radius 2 is 1.63 bits per heavy atom. The van der Waals surface area contributed by atoms with Gasteiger partial charge >= 0.3 is 0 Å². The Kier molecular flexibility index (Phi) is 6.91. The molecule has 3 aromatic rings. The van der Waals surface area contributed by atoms with E-state index in [0.29, 0.717) is 30.0 Å². The van der Waals surface area contributed by atoms with E-state index in [9.17, 15) is 9.59 Å². The highest BCUT2D eigenvalue weighted by Gasteiger charge is 2.20. The number of benzene rings is 1. The van der Waals surface area contributed by atoms with Gasteiger partial charge in [0.25, 0.3) is 11.8 Å². The minimum Gasteiger partial charge on any atom is -0.343 e. The van der Waals surface area contributed by atoms with E-state index >= 15 is 0 Å². The van der Waals surface area contributed by atoms with Crippen LogP contribution in [-0.2, 0) is 13.0 Å². The standard InChI is InChI=1S/C24H26N4O2/c1-18-21(11-12-22(26-18)24(30)27(2)3)23(29)28(17-20-10-7-14-25-16-20)15-13-19-8-5-4-6-9-19/h4-12,14,16H,13,15,17H2,1-3H3. The molecule has 1 aromatic carbocycles. The molecule has 2 amide bonds. The number of aryl methyl sites for hydroxylation is 1. The summed E-state index contributed by atoms with van der Waals surface area (Å²) in [6, 6.07) is 17.2. The summed E-state index contributed by atoms with van der Waals surface area (Å²) < 4.78 is 0. The van der Waals surface area contributed by atoms with Crippen molar-refractivity contribution >= 4 is 11.8 Å². The number of carbonyl (C=O) groups is 2. The van der Waals surface area contributed by atoms with Gasteiger partial charge in [0.05, 0.1) is 11.3 Å². The second-order valence-electron chi connectivity index (χ2n) is 7.35. The van der Waals surface area contributed by atoms with Crippen molar-refractivity contribution in [2.75, 3.05) is 20.6 Å². The molecule has 2 aromatic heterocycles. The summed E-state index contributed by atoms with van der Waals surface area (Å²) in [5.74, 6) is -0.294. The van der Waals surface area contributed by atoms with Gasteiger partial charge in [-0.2, -0.15) is 0 Å². The highest BCUT2D eigenvalue weighted by Crippen LogP contribution is 2.15. The van der Waals surface area contributed by atoms with Gasteiger partial charge in [-0.25, -0.2) is 4.98 Å². The van der Waals surface area contributed by atoms with Crippen LogP contribution in [0.5, 0.6) is 0 Å². The molecule has 3 rings (SSSR count). The molecule has 0 atom stereocenters. The number of hydrogen-bond donors (Lipinski definition) is 0. The number of pyridine rings is 2. The molecule has 6 nitrogen and oxygen atoms in total. The topological polar surface area (TPSA) is 66.4 Å². The predicted octanol–water partition coefficient (Wildman–Crippen LogP) is 3.37. The Morgan fingerprint density at radius 1 is 0.900 bits per heavy atom. The molecule has 0 aliphatic rings. The van der Waals surface area contributed by atoms with Gasteiger partial charge in [0.15, 0.2) is 0 Å². The molecule has 0 saturated heterocycles. The highest BCUT2D eigenvalue weighted by atomic mass is 16.2. The first-order chi connectivity index (χ1) is 14.5. The number of aromatic nitrogens is 2. The number of carbonyl (C=O) groups excluding carboxylic acids is 2. The number of nitrogens with zero attached hydrogens (tertiary/aromatic N) is 4. The van der Waals surface area contributed by atoms with Crippen molar-refractivity contribution in [2.45, 2.75) is 19.9 Å². The van der Waals surface area contributed by atoms with Gasteiger partial charge in [-0.15, -0.1) is 0 Å². The fraction of sp³-hybridized carbons (Fsp3) is 0.250. The van der Waals surface area contributed by atoms with Crippen molar-refractivity contribution in [2.24, 2.45) is 0 Å². The molecular weight excluding hydrogens is 376 g/mol. The third-order valence-corrected chi connectivity index (χ3v) is 4.84. The van der Waals surface area contributed by atoms with Crippen LogP contribution in [0.15, 0.2) is 67.0 Å². The summed E-state index contributed by atoms with van der Waals surface area (Å²) in [7, 11) is 3.36. The molecule has 6 heteroatoms. The molecular formula is C24H26N4O2. The van der Waals surface area contributed by atoms with Gasteiger partial charge in [0, 0.05) is 39.6 Å². The summed E-state index contributed by atoms with van der Waals surface area (Å²) in [5, 5.41) is 0. The Hall–Kier alpha value is -3.54. The Bertz CT molecular complexity index is 1000. The minimum absolute atomic E-state index is 0.108. The SMILES string of the molecule is Cc1nc(C(=O)N(C)C)ccc1C(=O)N(CCc1ccccc1)Cc1cccnc1. The molecule has 2 heterocycles. The first kappa shape index (κ1) is 21.2. The second-order valence-corrected chi connectivity index (χ2v) is 7.35. The van der Waals surface area contributed by atoms with Crippen LogP contribution in [0.3, 0.4) is 0 Å². The summed E-state index contributed by atoms with van der Waals surface area (Å²) >= 11 is 0. The van der Waals surface area contributed by atoms with Crippen molar-refractivity contribution in [3.63, 3.8) is 0 Å². The fourth-order valence-electron chi connectivity index (χ4n) is 3.18. The van der Waals surface area contributed by atoms with Crippen LogP contribution < -0.4 is 0 Å². The lowest BCUT2D eigenvalue weighted by molar-refractivity contribution is 0.0741. The third-order valence-electron chi connectivity index (χ3n) is 4.84. The Balaban J connectivity index is 1.84. The first-order valence-electron chi connectivity index (χ1n) is 9.87. The molecule has 0 aliphatic carbocycles. The van der Waals surface area contributed by atoms with Gasteiger partial charge in [0.1, 0.15) is 5.69 Å². The maximum atomic E-state index is 13.4. The van der Waals surface area contributed by atoms with Crippen LogP contribution in [0.2, 0.25) is 0 Å². The first-order valence-corrected chi connectivity index (χ1v) is 9.87. The maximum absolute atomic E-state index is 13.4. The number of rotatable bonds is 7. The van der Waals surface area contributed by atoms with Crippen LogP contribution >= 0.6 is 0 Å². The summed E-state index contributed by atoms with van der Waals surface area (Å²) in [6.45, 7) is 2.78. The van der Waals surface area contributed by atoms with E-state index in [1.165, 1.54) is 10.5 Å². The van der Waals surface area contributed by atoms with E-state index < -0.39 is 0 Å². The van der Waals surface area contributed by atoms with E-state index in [0.717, 1.165) is 12.0 Å². The largest absolute Gasteiger partial charge is 0.343 e. The van der Waals surface area contributed by atoms with E-state index in [-0.39, 0.29) is 11.8 Å². The van der Waals surface area contributed by atoms with E-state index in [1.807, 2.05) is 35.2 Å². The molecule has 0 radical (unpaired) electrons. The van der Waals surface area contributed by atoms with Crippen LogP contribution in [0, 0.1) is 6.92 Å². The smallest absolute Gasteiger partial charge is 0.271 e. The Labute approximate surface area is 177 Å². The van der Waals surface area contributed by atoms with Crippen molar-refractivity contribution in [1.29, 1.82) is 0 Å². The summed E-state index contributed by atoms with van der Waals surface area (Å²) in [5.41, 5.74) is 3.51.